The second-order valence-electron chi connectivity index (χ2n) is 3.59. The van der Waals surface area contributed by atoms with Crippen LogP contribution >= 0.6 is 11.3 Å². The fourth-order valence-electron chi connectivity index (χ4n) is 1.40. The number of hydrogen-bond acceptors (Lipinski definition) is 4. The molecule has 0 spiro atoms. The molecule has 78 valence electrons. The monoisotopic (exact) mass is 213 g/mol. The lowest BCUT2D eigenvalue weighted by molar-refractivity contribution is -0.158. The van der Waals surface area contributed by atoms with E-state index in [1.54, 1.807) is 11.3 Å². The molecule has 14 heavy (non-hydrogen) atoms. The first kappa shape index (κ1) is 10.1. The van der Waals surface area contributed by atoms with Crippen molar-refractivity contribution in [3.63, 3.8) is 0 Å². The van der Waals surface area contributed by atoms with E-state index in [1.165, 1.54) is 4.88 Å². The molecule has 1 saturated heterocycles. The van der Waals surface area contributed by atoms with Crippen molar-refractivity contribution in [3.05, 3.63) is 22.4 Å². The fraction of sp³-hybridized carbons (Fsp3) is 0.600. The van der Waals surface area contributed by atoms with Gasteiger partial charge in [0.2, 0.25) is 0 Å². The topological polar surface area (TPSA) is 44.5 Å². The minimum Gasteiger partial charge on any atom is -0.376 e. The molecule has 1 aromatic heterocycles. The van der Waals surface area contributed by atoms with Crippen molar-refractivity contribution in [1.29, 1.82) is 0 Å². The van der Waals surface area contributed by atoms with Crippen LogP contribution in [0.5, 0.6) is 0 Å². The lowest BCUT2D eigenvalue weighted by Crippen LogP contribution is -2.40. The quantitative estimate of drug-likeness (QED) is 0.825. The van der Waals surface area contributed by atoms with Crippen molar-refractivity contribution in [2.75, 3.05) is 13.2 Å². The normalized spacial score (nSPS) is 21.6. The predicted molar refractivity (Wildman–Crippen MR) is 56.4 cm³/mol. The lowest BCUT2D eigenvalue weighted by atomic mass is 10.1. The maximum absolute atomic E-state index is 5.90. The van der Waals surface area contributed by atoms with E-state index in [1.807, 2.05) is 18.4 Å². The summed E-state index contributed by atoms with van der Waals surface area (Å²) in [6, 6.07) is 4.11. The van der Waals surface area contributed by atoms with E-state index in [9.17, 15) is 0 Å². The largest absolute Gasteiger partial charge is 0.376 e. The fourth-order valence-corrected chi connectivity index (χ4v) is 2.28. The van der Waals surface area contributed by atoms with Crippen LogP contribution < -0.4 is 5.73 Å². The number of rotatable bonds is 4. The van der Waals surface area contributed by atoms with Crippen LogP contribution in [-0.2, 0) is 9.47 Å². The molecule has 0 radical (unpaired) electrons. The van der Waals surface area contributed by atoms with E-state index in [0.717, 1.165) is 0 Å². The molecule has 1 aromatic rings. The summed E-state index contributed by atoms with van der Waals surface area (Å²) in [7, 11) is 0. The molecule has 2 rings (SSSR count). The molecular formula is C10H15NO2S. The molecule has 0 aromatic carbocycles. The molecule has 1 aliphatic rings. The predicted octanol–water partition coefficient (Wildman–Crippen LogP) is 1.55. The first-order valence-corrected chi connectivity index (χ1v) is 5.67. The van der Waals surface area contributed by atoms with E-state index < -0.39 is 0 Å². The Labute approximate surface area is 87.8 Å². The Balaban J connectivity index is 2.00. The molecule has 0 saturated carbocycles. The highest BCUT2D eigenvalue weighted by Crippen LogP contribution is 2.27. The van der Waals surface area contributed by atoms with Crippen molar-refractivity contribution in [3.8, 4) is 0 Å². The van der Waals surface area contributed by atoms with Gasteiger partial charge >= 0.3 is 0 Å². The van der Waals surface area contributed by atoms with E-state index in [2.05, 4.69) is 6.07 Å². The van der Waals surface area contributed by atoms with E-state index >= 15 is 0 Å². The standard InChI is InChI=1S/C10H15NO2S/c1-7(11)10(9-3-2-4-14-9)13-8-5-12-6-8/h2-4,7-8,10H,5-6,11H2,1H3. The number of nitrogens with two attached hydrogens (primary N) is 1. The Morgan fingerprint density at radius 1 is 1.64 bits per heavy atom. The molecule has 0 bridgehead atoms. The molecule has 0 amide bonds. The van der Waals surface area contributed by atoms with Gasteiger partial charge in [0.15, 0.2) is 0 Å². The minimum absolute atomic E-state index is 0.0175. The van der Waals surface area contributed by atoms with Crippen molar-refractivity contribution in [2.24, 2.45) is 5.73 Å². The van der Waals surface area contributed by atoms with Crippen LogP contribution in [0.1, 0.15) is 17.9 Å². The Morgan fingerprint density at radius 2 is 2.43 bits per heavy atom. The Kier molecular flexibility index (Phi) is 3.18. The van der Waals surface area contributed by atoms with Gasteiger partial charge in [-0.3, -0.25) is 0 Å². The summed E-state index contributed by atoms with van der Waals surface area (Å²) in [5.41, 5.74) is 5.90. The van der Waals surface area contributed by atoms with Gasteiger partial charge in [0.05, 0.1) is 13.2 Å². The first-order valence-electron chi connectivity index (χ1n) is 4.79. The molecule has 3 nitrogen and oxygen atoms in total. The lowest BCUT2D eigenvalue weighted by Gasteiger charge is -2.31. The van der Waals surface area contributed by atoms with Crippen LogP contribution in [-0.4, -0.2) is 25.4 Å². The average Bonchev–Trinajstić information content (AvgIpc) is 2.53. The van der Waals surface area contributed by atoms with Crippen LogP contribution in [0.25, 0.3) is 0 Å². The summed E-state index contributed by atoms with van der Waals surface area (Å²) in [4.78, 5) is 1.20. The highest BCUT2D eigenvalue weighted by atomic mass is 32.1. The molecule has 2 N–H and O–H groups in total. The van der Waals surface area contributed by atoms with Gasteiger partial charge < -0.3 is 15.2 Å². The molecule has 2 heterocycles. The van der Waals surface area contributed by atoms with Gasteiger partial charge in [-0.15, -0.1) is 11.3 Å². The van der Waals surface area contributed by atoms with Crippen LogP contribution in [0, 0.1) is 0 Å². The summed E-state index contributed by atoms with van der Waals surface area (Å²) >= 11 is 1.69. The number of ether oxygens (including phenoxy) is 2. The third-order valence-electron chi connectivity index (χ3n) is 2.25. The second-order valence-corrected chi connectivity index (χ2v) is 4.57. The minimum atomic E-state index is 0.0175. The second kappa shape index (κ2) is 4.40. The maximum Gasteiger partial charge on any atom is 0.107 e. The Morgan fingerprint density at radius 3 is 2.86 bits per heavy atom. The molecule has 2 unspecified atom stereocenters. The van der Waals surface area contributed by atoms with Crippen molar-refractivity contribution in [2.45, 2.75) is 25.2 Å². The summed E-state index contributed by atoms with van der Waals surface area (Å²) in [5, 5.41) is 2.05. The van der Waals surface area contributed by atoms with Gasteiger partial charge in [-0.1, -0.05) is 6.07 Å². The highest BCUT2D eigenvalue weighted by Gasteiger charge is 2.27. The number of thiophene rings is 1. The van der Waals surface area contributed by atoms with Crippen molar-refractivity contribution < 1.29 is 9.47 Å². The zero-order valence-corrected chi connectivity index (χ0v) is 9.00. The Hall–Kier alpha value is -0.420. The SMILES string of the molecule is CC(N)C(OC1COC1)c1cccs1. The molecule has 4 heteroatoms. The van der Waals surface area contributed by atoms with Gasteiger partial charge in [-0.2, -0.15) is 0 Å². The van der Waals surface area contributed by atoms with Crippen molar-refractivity contribution in [1.82, 2.24) is 0 Å². The molecule has 2 atom stereocenters. The zero-order chi connectivity index (χ0) is 9.97. The smallest absolute Gasteiger partial charge is 0.107 e. The molecule has 1 aliphatic heterocycles. The summed E-state index contributed by atoms with van der Waals surface area (Å²) in [5.74, 6) is 0. The van der Waals surface area contributed by atoms with Gasteiger partial charge in [-0.05, 0) is 18.4 Å². The number of hydrogen-bond donors (Lipinski definition) is 1. The maximum atomic E-state index is 5.90. The highest BCUT2D eigenvalue weighted by molar-refractivity contribution is 7.10. The first-order chi connectivity index (χ1) is 6.77. The Bertz CT molecular complexity index is 270. The van der Waals surface area contributed by atoms with E-state index in [0.29, 0.717) is 13.2 Å². The van der Waals surface area contributed by atoms with Crippen LogP contribution in [0.2, 0.25) is 0 Å². The van der Waals surface area contributed by atoms with Crippen LogP contribution in [0.15, 0.2) is 17.5 Å². The zero-order valence-electron chi connectivity index (χ0n) is 8.18. The van der Waals surface area contributed by atoms with Crippen molar-refractivity contribution >= 4 is 11.3 Å². The van der Waals surface area contributed by atoms with Crippen LogP contribution in [0.4, 0.5) is 0 Å². The average molecular weight is 213 g/mol. The van der Waals surface area contributed by atoms with Crippen LogP contribution in [0.3, 0.4) is 0 Å². The third-order valence-corrected chi connectivity index (χ3v) is 3.18. The third kappa shape index (κ3) is 2.15. The summed E-state index contributed by atoms with van der Waals surface area (Å²) in [6.45, 7) is 3.38. The summed E-state index contributed by atoms with van der Waals surface area (Å²) < 4.78 is 10.9. The van der Waals surface area contributed by atoms with Gasteiger partial charge in [0.25, 0.3) is 0 Å². The van der Waals surface area contributed by atoms with E-state index in [-0.39, 0.29) is 18.2 Å². The molecule has 1 fully saturated rings. The van der Waals surface area contributed by atoms with Gasteiger partial charge in [0, 0.05) is 10.9 Å². The molecular weight excluding hydrogens is 198 g/mol. The summed E-state index contributed by atoms with van der Waals surface area (Å²) in [6.07, 6.45) is 0.247. The molecule has 0 aliphatic carbocycles. The van der Waals surface area contributed by atoms with E-state index in [4.69, 9.17) is 15.2 Å². The van der Waals surface area contributed by atoms with Gasteiger partial charge in [-0.25, -0.2) is 0 Å². The van der Waals surface area contributed by atoms with Gasteiger partial charge in [0.1, 0.15) is 12.2 Å².